The molecule has 1 amide bonds. The molecule has 1 atom stereocenters. The van der Waals surface area contributed by atoms with Crippen LogP contribution in [0.2, 0.25) is 0 Å². The highest BCUT2D eigenvalue weighted by Crippen LogP contribution is 2.13. The lowest BCUT2D eigenvalue weighted by Gasteiger charge is -2.11. The van der Waals surface area contributed by atoms with Gasteiger partial charge in [-0.05, 0) is 25.8 Å². The van der Waals surface area contributed by atoms with E-state index in [1.54, 1.807) is 6.92 Å². The van der Waals surface area contributed by atoms with E-state index in [4.69, 9.17) is 9.84 Å². The second kappa shape index (κ2) is 7.32. The van der Waals surface area contributed by atoms with Crippen LogP contribution in [0.3, 0.4) is 0 Å². The van der Waals surface area contributed by atoms with Crippen molar-refractivity contribution in [1.29, 1.82) is 0 Å². The minimum absolute atomic E-state index is 0.0527. The van der Waals surface area contributed by atoms with Crippen molar-refractivity contribution in [2.24, 2.45) is 0 Å². The lowest BCUT2D eigenvalue weighted by Crippen LogP contribution is -2.15. The molecular formula is C13H18N2O5. The van der Waals surface area contributed by atoms with Crippen molar-refractivity contribution in [3.63, 3.8) is 0 Å². The van der Waals surface area contributed by atoms with E-state index in [1.807, 2.05) is 0 Å². The Bertz CT molecular complexity index is 495. The first-order valence-electron chi connectivity index (χ1n) is 6.27. The highest BCUT2D eigenvalue weighted by atomic mass is 16.5. The fourth-order valence-electron chi connectivity index (χ4n) is 1.63. The summed E-state index contributed by atoms with van der Waals surface area (Å²) < 4.78 is 5.16. The monoisotopic (exact) mass is 282 g/mol. The van der Waals surface area contributed by atoms with Crippen molar-refractivity contribution in [1.82, 2.24) is 4.98 Å². The second-order valence-electron chi connectivity index (χ2n) is 4.49. The molecule has 7 heteroatoms. The van der Waals surface area contributed by atoms with E-state index in [2.05, 4.69) is 10.3 Å². The number of nitrogens with one attached hydrogen (secondary N) is 2. The van der Waals surface area contributed by atoms with Crippen molar-refractivity contribution in [2.75, 3.05) is 5.32 Å². The van der Waals surface area contributed by atoms with Gasteiger partial charge in [0.1, 0.15) is 5.69 Å². The molecule has 0 aliphatic heterocycles. The Kier molecular flexibility index (Phi) is 5.76. The second-order valence-corrected chi connectivity index (χ2v) is 4.49. The molecule has 110 valence electrons. The summed E-state index contributed by atoms with van der Waals surface area (Å²) >= 11 is 0. The maximum atomic E-state index is 11.8. The van der Waals surface area contributed by atoms with Crippen LogP contribution in [0.25, 0.3) is 0 Å². The molecule has 0 aliphatic rings. The number of aromatic nitrogens is 1. The Hall–Kier alpha value is -2.31. The van der Waals surface area contributed by atoms with Crippen LogP contribution in [-0.4, -0.2) is 34.0 Å². The minimum atomic E-state index is -0.868. The van der Waals surface area contributed by atoms with Gasteiger partial charge in [0, 0.05) is 19.5 Å². The van der Waals surface area contributed by atoms with Crippen LogP contribution in [0.5, 0.6) is 0 Å². The van der Waals surface area contributed by atoms with Crippen molar-refractivity contribution in [2.45, 2.75) is 39.2 Å². The molecule has 0 radical (unpaired) electrons. The molecule has 0 bridgehead atoms. The molecule has 0 saturated heterocycles. The normalized spacial score (nSPS) is 11.7. The lowest BCUT2D eigenvalue weighted by atomic mass is 10.2. The van der Waals surface area contributed by atoms with Crippen molar-refractivity contribution >= 4 is 23.5 Å². The molecule has 20 heavy (non-hydrogen) atoms. The average Bonchev–Trinajstić information content (AvgIpc) is 2.75. The molecule has 0 aliphatic carbocycles. The van der Waals surface area contributed by atoms with Crippen LogP contribution in [0.4, 0.5) is 5.69 Å². The topological polar surface area (TPSA) is 108 Å². The van der Waals surface area contributed by atoms with E-state index in [9.17, 15) is 14.4 Å². The molecule has 7 nitrogen and oxygen atoms in total. The smallest absolute Gasteiger partial charge is 0.355 e. The first kappa shape index (κ1) is 15.7. The number of carbonyl (C=O) groups is 3. The predicted molar refractivity (Wildman–Crippen MR) is 71.5 cm³/mol. The number of aromatic amines is 1. The van der Waals surface area contributed by atoms with Crippen molar-refractivity contribution in [3.05, 3.63) is 18.0 Å². The Morgan fingerprint density at radius 2 is 2.15 bits per heavy atom. The third kappa shape index (κ3) is 5.55. The number of hydrogen-bond donors (Lipinski definition) is 3. The number of amides is 1. The lowest BCUT2D eigenvalue weighted by molar-refractivity contribution is -0.137. The zero-order valence-electron chi connectivity index (χ0n) is 11.4. The van der Waals surface area contributed by atoms with E-state index in [0.717, 1.165) is 0 Å². The molecular weight excluding hydrogens is 264 g/mol. The molecule has 0 fully saturated rings. The molecule has 1 rings (SSSR count). The number of carboxylic acids is 1. The number of rotatable bonds is 7. The van der Waals surface area contributed by atoms with E-state index < -0.39 is 11.9 Å². The van der Waals surface area contributed by atoms with E-state index in [0.29, 0.717) is 18.5 Å². The summed E-state index contributed by atoms with van der Waals surface area (Å²) in [5.41, 5.74) is 0.724. The first-order valence-corrected chi connectivity index (χ1v) is 6.27. The average molecular weight is 282 g/mol. The van der Waals surface area contributed by atoms with Crippen LogP contribution in [0.1, 0.15) is 43.6 Å². The van der Waals surface area contributed by atoms with Gasteiger partial charge in [-0.1, -0.05) is 0 Å². The summed E-state index contributed by atoms with van der Waals surface area (Å²) in [5, 5.41) is 11.1. The summed E-state index contributed by atoms with van der Waals surface area (Å²) in [6, 6.07) is 1.48. The maximum absolute atomic E-state index is 11.8. The summed E-state index contributed by atoms with van der Waals surface area (Å²) in [7, 11) is 0. The van der Waals surface area contributed by atoms with Crippen LogP contribution in [0, 0.1) is 0 Å². The highest BCUT2D eigenvalue weighted by molar-refractivity contribution is 5.92. The molecule has 0 spiro atoms. The molecule has 3 N–H and O–H groups in total. The number of ether oxygens (including phenoxy) is 1. The number of aliphatic carboxylic acids is 1. The third-order valence-electron chi connectivity index (χ3n) is 2.53. The van der Waals surface area contributed by atoms with Crippen LogP contribution < -0.4 is 5.32 Å². The summed E-state index contributed by atoms with van der Waals surface area (Å²) in [6.07, 6.45) is 2.11. The van der Waals surface area contributed by atoms with Gasteiger partial charge >= 0.3 is 11.9 Å². The Balaban J connectivity index is 2.43. The number of hydrogen-bond acceptors (Lipinski definition) is 4. The minimum Gasteiger partial charge on any atom is -0.481 e. The Morgan fingerprint density at radius 3 is 2.75 bits per heavy atom. The molecule has 1 aromatic rings. The molecule has 0 unspecified atom stereocenters. The summed E-state index contributed by atoms with van der Waals surface area (Å²) in [4.78, 5) is 35.7. The first-order chi connectivity index (χ1) is 9.38. The number of esters is 1. The molecule has 0 saturated carbocycles. The van der Waals surface area contributed by atoms with Gasteiger partial charge < -0.3 is 20.1 Å². The number of H-pyrrole nitrogens is 1. The third-order valence-corrected chi connectivity index (χ3v) is 2.53. The fraction of sp³-hybridized carbons (Fsp3) is 0.462. The largest absolute Gasteiger partial charge is 0.481 e. The maximum Gasteiger partial charge on any atom is 0.355 e. The quantitative estimate of drug-likeness (QED) is 0.660. The zero-order chi connectivity index (χ0) is 15.1. The van der Waals surface area contributed by atoms with Crippen LogP contribution in [-0.2, 0) is 14.3 Å². The van der Waals surface area contributed by atoms with Gasteiger partial charge in [0.15, 0.2) is 0 Å². The predicted octanol–water partition coefficient (Wildman–Crippen LogP) is 1.77. The number of carboxylic acid groups (broad SMARTS) is 1. The SMILES string of the molecule is CC(=O)Nc1c[nH]c(C(=O)O[C@H](C)CCCC(=O)O)c1. The standard InChI is InChI=1S/C13H18N2O5/c1-8(4-3-5-12(17)18)20-13(19)11-6-10(7-14-11)15-9(2)16/h6-8,14H,3-5H2,1-2H3,(H,15,16)(H,17,18)/t8-/m1/s1. The van der Waals surface area contributed by atoms with Gasteiger partial charge in [-0.3, -0.25) is 9.59 Å². The van der Waals surface area contributed by atoms with E-state index in [1.165, 1.54) is 19.2 Å². The zero-order valence-corrected chi connectivity index (χ0v) is 11.4. The number of anilines is 1. The molecule has 1 heterocycles. The molecule has 1 aromatic heterocycles. The van der Waals surface area contributed by atoms with Gasteiger partial charge in [-0.25, -0.2) is 4.79 Å². The van der Waals surface area contributed by atoms with E-state index in [-0.39, 0.29) is 24.1 Å². The van der Waals surface area contributed by atoms with Crippen LogP contribution >= 0.6 is 0 Å². The van der Waals surface area contributed by atoms with Gasteiger partial charge in [0.2, 0.25) is 5.91 Å². The van der Waals surface area contributed by atoms with Gasteiger partial charge in [0.05, 0.1) is 11.8 Å². The van der Waals surface area contributed by atoms with Crippen molar-refractivity contribution < 1.29 is 24.2 Å². The van der Waals surface area contributed by atoms with Crippen LogP contribution in [0.15, 0.2) is 12.3 Å². The highest BCUT2D eigenvalue weighted by Gasteiger charge is 2.14. The fourth-order valence-corrected chi connectivity index (χ4v) is 1.63. The van der Waals surface area contributed by atoms with Gasteiger partial charge in [-0.2, -0.15) is 0 Å². The van der Waals surface area contributed by atoms with Gasteiger partial charge in [0.25, 0.3) is 0 Å². The summed E-state index contributed by atoms with van der Waals surface area (Å²) in [6.45, 7) is 3.08. The Morgan fingerprint density at radius 1 is 1.45 bits per heavy atom. The van der Waals surface area contributed by atoms with Gasteiger partial charge in [-0.15, -0.1) is 0 Å². The summed E-state index contributed by atoms with van der Waals surface area (Å²) in [5.74, 6) is -1.64. The number of carbonyl (C=O) groups excluding carboxylic acids is 2. The van der Waals surface area contributed by atoms with Crippen molar-refractivity contribution in [3.8, 4) is 0 Å². The molecule has 0 aromatic carbocycles. The van der Waals surface area contributed by atoms with E-state index >= 15 is 0 Å². The Labute approximate surface area is 116 Å².